The van der Waals surface area contributed by atoms with Crippen LogP contribution in [0.3, 0.4) is 0 Å². The van der Waals surface area contributed by atoms with Crippen LogP contribution in [-0.4, -0.2) is 33.5 Å². The molecule has 24 heavy (non-hydrogen) atoms. The summed E-state index contributed by atoms with van der Waals surface area (Å²) in [5.74, 6) is 1.30. The van der Waals surface area contributed by atoms with Gasteiger partial charge in [-0.1, -0.05) is 17.7 Å². The minimum Gasteiger partial charge on any atom is -0.497 e. The number of benzene rings is 1. The summed E-state index contributed by atoms with van der Waals surface area (Å²) in [4.78, 5) is 0. The Hall–Kier alpha value is -1.28. The summed E-state index contributed by atoms with van der Waals surface area (Å²) in [5, 5.41) is 0. The van der Waals surface area contributed by atoms with Crippen molar-refractivity contribution in [3.63, 3.8) is 0 Å². The summed E-state index contributed by atoms with van der Waals surface area (Å²) in [6.45, 7) is 0.484. The summed E-state index contributed by atoms with van der Waals surface area (Å²) >= 11 is 6.99. The van der Waals surface area contributed by atoms with Crippen molar-refractivity contribution in [1.29, 1.82) is 0 Å². The predicted octanol–water partition coefficient (Wildman–Crippen LogP) is 3.94. The molecule has 0 saturated carbocycles. The monoisotopic (exact) mass is 387 g/mol. The van der Waals surface area contributed by atoms with E-state index in [4.69, 9.17) is 21.1 Å². The number of methoxy groups -OCH3 is 2. The van der Waals surface area contributed by atoms with Crippen molar-refractivity contribution in [2.45, 2.75) is 23.1 Å². The SMILES string of the molecule is COc1ccc([C@@H]2CCCN2S(=O)(=O)c2ccc(Cl)s2)c(OC)c1. The van der Waals surface area contributed by atoms with Gasteiger partial charge in [0.2, 0.25) is 0 Å². The Morgan fingerprint density at radius 3 is 2.62 bits per heavy atom. The maximum absolute atomic E-state index is 13.0. The molecular weight excluding hydrogens is 370 g/mol. The second-order valence-electron chi connectivity index (χ2n) is 5.44. The predicted molar refractivity (Wildman–Crippen MR) is 94.7 cm³/mol. The molecule has 0 amide bonds. The first kappa shape index (κ1) is 17.5. The smallest absolute Gasteiger partial charge is 0.253 e. The molecule has 130 valence electrons. The number of hydrogen-bond acceptors (Lipinski definition) is 5. The first-order chi connectivity index (χ1) is 11.5. The van der Waals surface area contributed by atoms with Crippen molar-refractivity contribution in [2.75, 3.05) is 20.8 Å². The molecule has 2 heterocycles. The van der Waals surface area contributed by atoms with E-state index in [0.29, 0.717) is 22.4 Å². The zero-order valence-corrected chi connectivity index (χ0v) is 15.7. The zero-order chi connectivity index (χ0) is 17.3. The molecule has 0 radical (unpaired) electrons. The van der Waals surface area contributed by atoms with Crippen LogP contribution in [0.4, 0.5) is 0 Å². The Morgan fingerprint density at radius 1 is 1.21 bits per heavy atom. The van der Waals surface area contributed by atoms with Gasteiger partial charge in [-0.2, -0.15) is 4.31 Å². The zero-order valence-electron chi connectivity index (χ0n) is 13.4. The van der Waals surface area contributed by atoms with Gasteiger partial charge in [0.15, 0.2) is 0 Å². The van der Waals surface area contributed by atoms with Crippen molar-refractivity contribution in [3.05, 3.63) is 40.2 Å². The fourth-order valence-corrected chi connectivity index (χ4v) is 6.27. The first-order valence-corrected chi connectivity index (χ1v) is 10.1. The topological polar surface area (TPSA) is 55.8 Å². The second-order valence-corrected chi connectivity index (χ2v) is 9.27. The lowest BCUT2D eigenvalue weighted by atomic mass is 10.0. The molecule has 8 heteroatoms. The highest BCUT2D eigenvalue weighted by Gasteiger charge is 2.38. The van der Waals surface area contributed by atoms with E-state index in [-0.39, 0.29) is 10.3 Å². The second kappa shape index (κ2) is 6.92. The van der Waals surface area contributed by atoms with Gasteiger partial charge in [0.05, 0.1) is 24.6 Å². The fourth-order valence-electron chi connectivity index (χ4n) is 2.98. The van der Waals surface area contributed by atoms with Gasteiger partial charge in [0.1, 0.15) is 15.7 Å². The number of hydrogen-bond donors (Lipinski definition) is 0. The van der Waals surface area contributed by atoms with Crippen molar-refractivity contribution in [3.8, 4) is 11.5 Å². The van der Waals surface area contributed by atoms with Gasteiger partial charge in [-0.15, -0.1) is 11.3 Å². The van der Waals surface area contributed by atoms with Crippen molar-refractivity contribution >= 4 is 33.0 Å². The normalized spacial score (nSPS) is 18.7. The lowest BCUT2D eigenvalue weighted by molar-refractivity contribution is 0.361. The number of halogens is 1. The van der Waals surface area contributed by atoms with Crippen LogP contribution in [-0.2, 0) is 10.0 Å². The van der Waals surface area contributed by atoms with Gasteiger partial charge in [-0.25, -0.2) is 8.42 Å². The van der Waals surface area contributed by atoms with E-state index < -0.39 is 10.0 Å². The van der Waals surface area contributed by atoms with Crippen LogP contribution >= 0.6 is 22.9 Å². The Bertz CT molecular complexity index is 834. The Labute approximate surface area is 150 Å². The molecule has 0 unspecified atom stereocenters. The van der Waals surface area contributed by atoms with Gasteiger partial charge < -0.3 is 9.47 Å². The molecule has 0 N–H and O–H groups in total. The van der Waals surface area contributed by atoms with E-state index in [9.17, 15) is 8.42 Å². The van der Waals surface area contributed by atoms with Gasteiger partial charge >= 0.3 is 0 Å². The number of rotatable bonds is 5. The van der Waals surface area contributed by atoms with E-state index >= 15 is 0 Å². The summed E-state index contributed by atoms with van der Waals surface area (Å²) in [7, 11) is -0.416. The van der Waals surface area contributed by atoms with Crippen molar-refractivity contribution in [2.24, 2.45) is 0 Å². The Kier molecular flexibility index (Phi) is 5.05. The quantitative estimate of drug-likeness (QED) is 0.779. The first-order valence-electron chi connectivity index (χ1n) is 7.46. The van der Waals surface area contributed by atoms with Crippen LogP contribution < -0.4 is 9.47 Å². The summed E-state index contributed by atoms with van der Waals surface area (Å²) < 4.78 is 38.9. The van der Waals surface area contributed by atoms with Crippen LogP contribution in [0, 0.1) is 0 Å². The third-order valence-electron chi connectivity index (χ3n) is 4.11. The summed E-state index contributed by atoms with van der Waals surface area (Å²) in [6, 6.07) is 8.39. The van der Waals surface area contributed by atoms with E-state index in [1.807, 2.05) is 12.1 Å². The summed E-state index contributed by atoms with van der Waals surface area (Å²) in [6.07, 6.45) is 1.55. The lowest BCUT2D eigenvalue weighted by Crippen LogP contribution is -2.30. The molecule has 1 aliphatic rings. The molecule has 3 rings (SSSR count). The molecule has 1 aromatic carbocycles. The highest BCUT2D eigenvalue weighted by Crippen LogP contribution is 2.42. The van der Waals surface area contributed by atoms with Gasteiger partial charge in [-0.05, 0) is 31.0 Å². The van der Waals surface area contributed by atoms with Crippen LogP contribution in [0.1, 0.15) is 24.4 Å². The maximum atomic E-state index is 13.0. The molecule has 0 bridgehead atoms. The molecule has 1 aromatic heterocycles. The number of sulfonamides is 1. The average Bonchev–Trinajstić information content (AvgIpc) is 3.23. The molecular formula is C16H18ClNO4S2. The number of nitrogens with zero attached hydrogens (tertiary/aromatic N) is 1. The molecule has 1 aliphatic heterocycles. The fraction of sp³-hybridized carbons (Fsp3) is 0.375. The lowest BCUT2D eigenvalue weighted by Gasteiger charge is -2.25. The molecule has 0 spiro atoms. The Balaban J connectivity index is 1.99. The van der Waals surface area contributed by atoms with E-state index in [1.54, 1.807) is 36.7 Å². The van der Waals surface area contributed by atoms with E-state index in [2.05, 4.69) is 0 Å². The van der Waals surface area contributed by atoms with Crippen LogP contribution in [0.2, 0.25) is 4.34 Å². The average molecular weight is 388 g/mol. The van der Waals surface area contributed by atoms with E-state index in [0.717, 1.165) is 29.7 Å². The molecule has 1 fully saturated rings. The molecule has 5 nitrogen and oxygen atoms in total. The van der Waals surface area contributed by atoms with Crippen molar-refractivity contribution in [1.82, 2.24) is 4.31 Å². The molecule has 2 aromatic rings. The van der Waals surface area contributed by atoms with Crippen LogP contribution in [0.25, 0.3) is 0 Å². The van der Waals surface area contributed by atoms with Gasteiger partial charge in [-0.3, -0.25) is 0 Å². The molecule has 1 saturated heterocycles. The summed E-state index contributed by atoms with van der Waals surface area (Å²) in [5.41, 5.74) is 0.849. The third kappa shape index (κ3) is 3.13. The standard InChI is InChI=1S/C16H18ClNO4S2/c1-21-11-5-6-12(14(10-11)22-2)13-4-3-9-18(13)24(19,20)16-8-7-15(17)23-16/h5-8,10,13H,3-4,9H2,1-2H3/t13-/m0/s1. The minimum absolute atomic E-state index is 0.253. The largest absolute Gasteiger partial charge is 0.497 e. The van der Waals surface area contributed by atoms with E-state index in [1.165, 1.54) is 0 Å². The minimum atomic E-state index is -3.58. The third-order valence-corrected chi connectivity index (χ3v) is 7.72. The highest BCUT2D eigenvalue weighted by atomic mass is 35.5. The van der Waals surface area contributed by atoms with Crippen molar-refractivity contribution < 1.29 is 17.9 Å². The number of ether oxygens (including phenoxy) is 2. The number of thiophene rings is 1. The highest BCUT2D eigenvalue weighted by molar-refractivity contribution is 7.91. The Morgan fingerprint density at radius 2 is 2.00 bits per heavy atom. The molecule has 0 aliphatic carbocycles. The maximum Gasteiger partial charge on any atom is 0.253 e. The van der Waals surface area contributed by atoms with Gasteiger partial charge in [0, 0.05) is 18.2 Å². The van der Waals surface area contributed by atoms with Crippen LogP contribution in [0.15, 0.2) is 34.5 Å². The van der Waals surface area contributed by atoms with Crippen LogP contribution in [0.5, 0.6) is 11.5 Å². The van der Waals surface area contributed by atoms with Gasteiger partial charge in [0.25, 0.3) is 10.0 Å². The molecule has 1 atom stereocenters.